The van der Waals surface area contributed by atoms with Crippen molar-refractivity contribution in [1.29, 1.82) is 0 Å². The molecule has 15 heavy (non-hydrogen) atoms. The van der Waals surface area contributed by atoms with Crippen molar-refractivity contribution in [3.63, 3.8) is 0 Å². The lowest BCUT2D eigenvalue weighted by atomic mass is 10.1. The monoisotopic (exact) mass is 226 g/mol. The molecule has 0 bridgehead atoms. The van der Waals surface area contributed by atoms with E-state index in [1.54, 1.807) is 18.2 Å². The van der Waals surface area contributed by atoms with Gasteiger partial charge in [0.25, 0.3) is 0 Å². The van der Waals surface area contributed by atoms with Gasteiger partial charge in [0.1, 0.15) is 10.7 Å². The Bertz CT molecular complexity index is 431. The van der Waals surface area contributed by atoms with Gasteiger partial charge in [0.2, 0.25) is 0 Å². The quantitative estimate of drug-likeness (QED) is 0.528. The first kappa shape index (κ1) is 10.3. The van der Waals surface area contributed by atoms with Gasteiger partial charge in [0.05, 0.1) is 17.1 Å². The first-order chi connectivity index (χ1) is 7.16. The number of hydrogen-bond acceptors (Lipinski definition) is 4. The van der Waals surface area contributed by atoms with Crippen molar-refractivity contribution in [1.82, 2.24) is 0 Å². The third-order valence-corrected chi connectivity index (χ3v) is 3.01. The number of benzene rings is 1. The van der Waals surface area contributed by atoms with Crippen molar-refractivity contribution >= 4 is 22.1 Å². The summed E-state index contributed by atoms with van der Waals surface area (Å²) in [7, 11) is -2.41. The lowest BCUT2D eigenvalue weighted by Crippen LogP contribution is -2.07. The van der Waals surface area contributed by atoms with E-state index in [4.69, 9.17) is 5.73 Å². The van der Waals surface area contributed by atoms with Crippen molar-refractivity contribution in [3.05, 3.63) is 23.8 Å². The van der Waals surface area contributed by atoms with Crippen LogP contribution in [-0.2, 0) is 16.5 Å². The summed E-state index contributed by atoms with van der Waals surface area (Å²) < 4.78 is 21.4. The molecule has 0 aromatic heterocycles. The second-order valence-corrected chi connectivity index (χ2v) is 4.77. The van der Waals surface area contributed by atoms with Gasteiger partial charge in [-0.1, -0.05) is 12.1 Å². The minimum atomic E-state index is -2.41. The van der Waals surface area contributed by atoms with Gasteiger partial charge < -0.3 is 11.1 Å². The third kappa shape index (κ3) is 2.62. The minimum Gasteiger partial charge on any atom is -0.397 e. The van der Waals surface area contributed by atoms with E-state index in [0.717, 1.165) is 24.1 Å². The molecule has 2 rings (SSSR count). The van der Waals surface area contributed by atoms with Crippen molar-refractivity contribution in [2.45, 2.75) is 24.6 Å². The highest BCUT2D eigenvalue weighted by atomic mass is 32.2. The first-order valence-corrected chi connectivity index (χ1v) is 6.29. The lowest BCUT2D eigenvalue weighted by molar-refractivity contribution is 0.614. The van der Waals surface area contributed by atoms with E-state index < -0.39 is 10.7 Å². The van der Waals surface area contributed by atoms with Crippen LogP contribution < -0.4 is 11.1 Å². The van der Waals surface area contributed by atoms with E-state index in [9.17, 15) is 8.42 Å². The third-order valence-electron chi connectivity index (χ3n) is 2.41. The van der Waals surface area contributed by atoms with Crippen LogP contribution >= 0.6 is 0 Å². The van der Waals surface area contributed by atoms with Crippen LogP contribution in [0.5, 0.6) is 0 Å². The van der Waals surface area contributed by atoms with Crippen LogP contribution in [-0.4, -0.2) is 14.5 Å². The molecule has 0 heterocycles. The summed E-state index contributed by atoms with van der Waals surface area (Å²) >= 11 is 0. The highest BCUT2D eigenvalue weighted by Gasteiger charge is 2.22. The fourth-order valence-electron chi connectivity index (χ4n) is 1.50. The molecule has 0 amide bonds. The summed E-state index contributed by atoms with van der Waals surface area (Å²) in [5.74, 6) is 0.0510. The zero-order valence-electron chi connectivity index (χ0n) is 8.27. The molecule has 1 fully saturated rings. The van der Waals surface area contributed by atoms with Crippen LogP contribution in [0, 0.1) is 0 Å². The number of nitrogen functional groups attached to an aromatic ring is 1. The second kappa shape index (κ2) is 4.10. The average Bonchev–Trinajstić information content (AvgIpc) is 2.94. The SMILES string of the molecule is Nc1cccc(C[SH](=O)=O)c1NC1CC1. The molecular weight excluding hydrogens is 212 g/mol. The summed E-state index contributed by atoms with van der Waals surface area (Å²) in [6, 6.07) is 5.83. The summed E-state index contributed by atoms with van der Waals surface area (Å²) in [5.41, 5.74) is 7.99. The van der Waals surface area contributed by atoms with Crippen LogP contribution in [0.3, 0.4) is 0 Å². The largest absolute Gasteiger partial charge is 0.397 e. The van der Waals surface area contributed by atoms with E-state index in [1.807, 2.05) is 0 Å². The number of nitrogens with one attached hydrogen (secondary N) is 1. The lowest BCUT2D eigenvalue weighted by Gasteiger charge is -2.12. The Hall–Kier alpha value is -1.23. The molecule has 0 saturated heterocycles. The molecule has 4 nitrogen and oxygen atoms in total. The van der Waals surface area contributed by atoms with Crippen molar-refractivity contribution in [3.8, 4) is 0 Å². The Balaban J connectivity index is 2.28. The van der Waals surface area contributed by atoms with Crippen molar-refractivity contribution in [2.24, 2.45) is 0 Å². The van der Waals surface area contributed by atoms with Crippen molar-refractivity contribution in [2.75, 3.05) is 11.1 Å². The molecule has 0 radical (unpaired) electrons. The molecule has 1 saturated carbocycles. The zero-order chi connectivity index (χ0) is 10.8. The fourth-order valence-corrected chi connectivity index (χ4v) is 2.04. The van der Waals surface area contributed by atoms with E-state index in [2.05, 4.69) is 5.32 Å². The number of anilines is 2. The maximum absolute atomic E-state index is 10.7. The Labute approximate surface area is 90.4 Å². The second-order valence-electron chi connectivity index (χ2n) is 3.79. The highest BCUT2D eigenvalue weighted by Crippen LogP contribution is 2.31. The van der Waals surface area contributed by atoms with Gasteiger partial charge in [-0.3, -0.25) is 0 Å². The van der Waals surface area contributed by atoms with Crippen molar-refractivity contribution < 1.29 is 8.42 Å². The van der Waals surface area contributed by atoms with Gasteiger partial charge in [0.15, 0.2) is 0 Å². The Morgan fingerprint density at radius 1 is 1.40 bits per heavy atom. The minimum absolute atomic E-state index is 0.0510. The predicted molar refractivity (Wildman–Crippen MR) is 61.5 cm³/mol. The molecular formula is C10H14N2O2S. The van der Waals surface area contributed by atoms with E-state index >= 15 is 0 Å². The van der Waals surface area contributed by atoms with Gasteiger partial charge in [0, 0.05) is 6.04 Å². The standard InChI is InChI=1S/C10H14N2O2S/c11-9-3-1-2-7(6-15(13)14)10(9)12-8-4-5-8/h1-3,8,12,15H,4-6,11H2. The van der Waals surface area contributed by atoms with Crippen LogP contribution in [0.1, 0.15) is 18.4 Å². The maximum atomic E-state index is 10.7. The topological polar surface area (TPSA) is 72.2 Å². The van der Waals surface area contributed by atoms with E-state index in [-0.39, 0.29) is 5.75 Å². The smallest absolute Gasteiger partial charge is 0.144 e. The van der Waals surface area contributed by atoms with Crippen LogP contribution in [0.4, 0.5) is 11.4 Å². The number of para-hydroxylation sites is 1. The molecule has 1 aliphatic carbocycles. The van der Waals surface area contributed by atoms with E-state index in [0.29, 0.717) is 11.7 Å². The fraction of sp³-hybridized carbons (Fsp3) is 0.400. The molecule has 1 aliphatic rings. The molecule has 3 N–H and O–H groups in total. The normalized spacial score (nSPS) is 15.5. The first-order valence-electron chi connectivity index (χ1n) is 4.92. The number of nitrogens with two attached hydrogens (primary N) is 1. The summed E-state index contributed by atoms with van der Waals surface area (Å²) in [6.07, 6.45) is 2.27. The number of hydrogen-bond donors (Lipinski definition) is 3. The molecule has 0 aliphatic heterocycles. The zero-order valence-corrected chi connectivity index (χ0v) is 9.17. The van der Waals surface area contributed by atoms with Gasteiger partial charge in [-0.25, -0.2) is 8.42 Å². The van der Waals surface area contributed by atoms with Gasteiger partial charge in [-0.05, 0) is 24.5 Å². The van der Waals surface area contributed by atoms with Gasteiger partial charge >= 0.3 is 0 Å². The van der Waals surface area contributed by atoms with E-state index in [1.165, 1.54) is 0 Å². The predicted octanol–water partition coefficient (Wildman–Crippen LogP) is 0.955. The van der Waals surface area contributed by atoms with Gasteiger partial charge in [-0.15, -0.1) is 0 Å². The number of thiol groups is 1. The molecule has 0 unspecified atom stereocenters. The molecule has 0 spiro atoms. The Morgan fingerprint density at radius 3 is 2.73 bits per heavy atom. The van der Waals surface area contributed by atoms with Gasteiger partial charge in [-0.2, -0.15) is 0 Å². The molecule has 82 valence electrons. The molecule has 5 heteroatoms. The summed E-state index contributed by atoms with van der Waals surface area (Å²) in [6.45, 7) is 0. The molecule has 1 aromatic rings. The maximum Gasteiger partial charge on any atom is 0.144 e. The Kier molecular flexibility index (Phi) is 2.81. The van der Waals surface area contributed by atoms with Crippen LogP contribution in [0.15, 0.2) is 18.2 Å². The molecule has 0 atom stereocenters. The summed E-state index contributed by atoms with van der Waals surface area (Å²) in [4.78, 5) is 0. The van der Waals surface area contributed by atoms with Crippen LogP contribution in [0.25, 0.3) is 0 Å². The molecule has 1 aromatic carbocycles. The Morgan fingerprint density at radius 2 is 2.13 bits per heavy atom. The summed E-state index contributed by atoms with van der Waals surface area (Å²) in [5, 5.41) is 3.27. The number of rotatable bonds is 4. The van der Waals surface area contributed by atoms with Crippen LogP contribution in [0.2, 0.25) is 0 Å². The highest BCUT2D eigenvalue weighted by molar-refractivity contribution is 7.71. The average molecular weight is 226 g/mol.